The smallest absolute Gasteiger partial charge is 0.748 e. The molecule has 0 heterocycles. The molecule has 0 aromatic carbocycles. The van der Waals surface area contributed by atoms with Gasteiger partial charge in [0.15, 0.2) is 0 Å². The van der Waals surface area contributed by atoms with Gasteiger partial charge in [-0.15, -0.1) is 0 Å². The number of halogens is 17. The summed E-state index contributed by atoms with van der Waals surface area (Å²) in [5, 5.41) is 0. The first kappa shape index (κ1) is 36.8. The van der Waals surface area contributed by atoms with Crippen LogP contribution in [0.4, 0.5) is 74.6 Å². The van der Waals surface area contributed by atoms with E-state index in [2.05, 4.69) is 0 Å². The number of hydrogen-bond acceptors (Lipinski definition) is 4. The Bertz CT molecular complexity index is 825. The number of alkyl halides is 17. The van der Waals surface area contributed by atoms with Gasteiger partial charge in [0, 0.05) is 17.9 Å². The summed E-state index contributed by atoms with van der Waals surface area (Å²) in [7, 11) is -4.99. The van der Waals surface area contributed by atoms with E-state index in [-0.39, 0.29) is 30.6 Å². The Morgan fingerprint density at radius 2 is 0.857 bits per heavy atom. The minimum Gasteiger partial charge on any atom is -0.748 e. The summed E-state index contributed by atoms with van der Waals surface area (Å²) in [5.74, 6) is -60.6. The topological polar surface area (TPSA) is 57.2 Å². The average molecular weight is 594 g/mol. The van der Waals surface area contributed by atoms with E-state index in [0.29, 0.717) is 0 Å². The molecule has 23 heteroatoms. The summed E-state index contributed by atoms with van der Waals surface area (Å²) in [4.78, 5) is 0. The third kappa shape index (κ3) is 6.39. The van der Waals surface area contributed by atoms with E-state index in [1.165, 1.54) is 0 Å². The van der Waals surface area contributed by atoms with E-state index >= 15 is 0 Å². The van der Waals surface area contributed by atoms with Crippen LogP contribution in [0.3, 0.4) is 0 Å². The Hall–Kier alpha value is -0.333. The van der Waals surface area contributed by atoms with Crippen LogP contribution in [0.1, 0.15) is 6.42 Å². The predicted octanol–water partition coefficient (Wildman–Crippen LogP) is 2.67. The summed E-state index contributed by atoms with van der Waals surface area (Å²) >= 11 is -0.160. The zero-order valence-corrected chi connectivity index (χ0v) is 17.9. The normalized spacial score (nSPS) is 15.7. The summed E-state index contributed by atoms with van der Waals surface area (Å²) in [5.41, 5.74) is 0. The Kier molecular flexibility index (Phi) is 11.0. The van der Waals surface area contributed by atoms with Crippen molar-refractivity contribution >= 4 is 21.9 Å². The van der Waals surface area contributed by atoms with E-state index in [1.807, 2.05) is 0 Å². The van der Waals surface area contributed by atoms with Crippen LogP contribution < -0.4 is 18.9 Å². The van der Waals surface area contributed by atoms with Crippen molar-refractivity contribution in [1.82, 2.24) is 0 Å². The van der Waals surface area contributed by atoms with Crippen molar-refractivity contribution in [3.63, 3.8) is 0 Å². The fraction of sp³-hybridized carbons (Fsp3) is 1.00. The van der Waals surface area contributed by atoms with Gasteiger partial charge in [0.2, 0.25) is 0 Å². The van der Waals surface area contributed by atoms with Crippen molar-refractivity contribution in [2.45, 2.75) is 54.1 Å². The van der Waals surface area contributed by atoms with Crippen LogP contribution in [0.2, 0.25) is 0 Å². The molecule has 0 spiro atoms. The predicted molar refractivity (Wildman–Crippen MR) is 77.2 cm³/mol. The van der Waals surface area contributed by atoms with Crippen molar-refractivity contribution in [3.05, 3.63) is 0 Å². The number of thioether (sulfide) groups is 1. The SMILES string of the molecule is O=S(=O)([O-])CCSCCC(F)(F)C(F)(F)C(F)(F)C(F)(F)C(F)(F)C(F)(F)C(F)(F)C(F)(F)F.[Li+]. The Labute approximate surface area is 200 Å². The zero-order valence-electron chi connectivity index (χ0n) is 16.3. The van der Waals surface area contributed by atoms with Gasteiger partial charge in [0.25, 0.3) is 0 Å². The maximum Gasteiger partial charge on any atom is 1.00 e. The number of hydrogen-bond donors (Lipinski definition) is 0. The molecule has 0 aliphatic carbocycles. The van der Waals surface area contributed by atoms with Crippen LogP contribution in [0.25, 0.3) is 0 Å². The van der Waals surface area contributed by atoms with Gasteiger partial charge in [0.05, 0.1) is 10.1 Å². The van der Waals surface area contributed by atoms with E-state index in [4.69, 9.17) is 0 Å². The van der Waals surface area contributed by atoms with Crippen LogP contribution >= 0.6 is 11.8 Å². The third-order valence-corrected chi connectivity index (χ3v) is 5.77. The van der Waals surface area contributed by atoms with Gasteiger partial charge in [-0.3, -0.25) is 0 Å². The molecular weight excluding hydrogens is 586 g/mol. The molecule has 0 rings (SSSR count). The molecule has 0 bridgehead atoms. The van der Waals surface area contributed by atoms with Crippen molar-refractivity contribution < 1.29 is 106 Å². The van der Waals surface area contributed by atoms with Gasteiger partial charge < -0.3 is 4.55 Å². The van der Waals surface area contributed by atoms with Crippen molar-refractivity contribution in [2.24, 2.45) is 0 Å². The largest absolute Gasteiger partial charge is 1.00 e. The van der Waals surface area contributed by atoms with Gasteiger partial charge in [-0.05, 0) is 5.75 Å². The van der Waals surface area contributed by atoms with Crippen molar-refractivity contribution in [1.29, 1.82) is 0 Å². The van der Waals surface area contributed by atoms with E-state index in [1.54, 1.807) is 0 Å². The van der Waals surface area contributed by atoms with Crippen LogP contribution in [-0.4, -0.2) is 77.9 Å². The van der Waals surface area contributed by atoms with Crippen LogP contribution in [0.5, 0.6) is 0 Å². The minimum absolute atomic E-state index is 0. The van der Waals surface area contributed by atoms with Crippen molar-refractivity contribution in [2.75, 3.05) is 17.3 Å². The fourth-order valence-electron chi connectivity index (χ4n) is 1.82. The number of rotatable bonds is 12. The first-order valence-corrected chi connectivity index (χ1v) is 10.4. The molecule has 0 radical (unpaired) electrons. The standard InChI is InChI=1S/C12H9F17O3S2.Li/c13-5(14,1-2-33-3-4-34(30,31)32)6(15,16)7(17,18)8(19,20)9(21,22)10(23,24)11(25,26)12(27,28)29;/h1-4H2,(H,30,31,32);/q;+1/p-1. The zero-order chi connectivity index (χ0) is 28.0. The molecule has 0 amide bonds. The molecule has 0 aliphatic rings. The van der Waals surface area contributed by atoms with Gasteiger partial charge in [-0.25, -0.2) is 8.42 Å². The van der Waals surface area contributed by atoms with Gasteiger partial charge in [-0.1, -0.05) is 0 Å². The molecule has 206 valence electrons. The van der Waals surface area contributed by atoms with Crippen molar-refractivity contribution in [3.8, 4) is 0 Å². The van der Waals surface area contributed by atoms with E-state index < -0.39 is 81.4 Å². The van der Waals surface area contributed by atoms with Crippen LogP contribution in [0.15, 0.2) is 0 Å². The third-order valence-electron chi connectivity index (χ3n) is 3.83. The summed E-state index contributed by atoms with van der Waals surface area (Å²) in [6, 6.07) is 0. The first-order chi connectivity index (χ1) is 14.5. The van der Waals surface area contributed by atoms with Gasteiger partial charge >= 0.3 is 66.5 Å². The molecule has 0 fully saturated rings. The molecule has 0 atom stereocenters. The molecular formula is C12H8F17LiO3S2. The molecule has 0 saturated heterocycles. The Morgan fingerprint density at radius 3 is 1.17 bits per heavy atom. The van der Waals surface area contributed by atoms with Gasteiger partial charge in [0.1, 0.15) is 0 Å². The van der Waals surface area contributed by atoms with Crippen LogP contribution in [-0.2, 0) is 10.1 Å². The summed E-state index contributed by atoms with van der Waals surface area (Å²) in [6.07, 6.45) is -10.5. The quantitative estimate of drug-likeness (QED) is 0.151. The molecule has 0 unspecified atom stereocenters. The second-order valence-electron chi connectivity index (χ2n) is 6.27. The first-order valence-electron chi connectivity index (χ1n) is 7.68. The van der Waals surface area contributed by atoms with E-state index in [9.17, 15) is 87.6 Å². The Morgan fingerprint density at radius 1 is 0.543 bits per heavy atom. The van der Waals surface area contributed by atoms with Crippen LogP contribution in [0, 0.1) is 0 Å². The monoisotopic (exact) mass is 594 g/mol. The maximum absolute atomic E-state index is 13.5. The summed E-state index contributed by atoms with van der Waals surface area (Å²) < 4.78 is 252. The summed E-state index contributed by atoms with van der Waals surface area (Å²) in [6.45, 7) is 0. The fourth-order valence-corrected chi connectivity index (χ4v) is 3.71. The Balaban J connectivity index is 0. The molecule has 3 nitrogen and oxygen atoms in total. The molecule has 0 aromatic heterocycles. The average Bonchev–Trinajstić information content (AvgIpc) is 2.58. The molecule has 0 saturated carbocycles. The minimum atomic E-state index is -8.68. The molecule has 35 heavy (non-hydrogen) atoms. The molecule has 0 aliphatic heterocycles. The molecule has 0 aromatic rings. The maximum atomic E-state index is 13.5. The second kappa shape index (κ2) is 10.4. The second-order valence-corrected chi connectivity index (χ2v) is 9.02. The molecule has 0 N–H and O–H groups in total. The van der Waals surface area contributed by atoms with E-state index in [0.717, 1.165) is 0 Å². The van der Waals surface area contributed by atoms with Gasteiger partial charge in [-0.2, -0.15) is 86.4 Å².